The number of rotatable bonds is 9. The van der Waals surface area contributed by atoms with Gasteiger partial charge in [-0.15, -0.1) is 0 Å². The van der Waals surface area contributed by atoms with E-state index >= 15 is 4.39 Å². The lowest BCUT2D eigenvalue weighted by molar-refractivity contribution is -0.186. The molecule has 9 nitrogen and oxygen atoms in total. The molecule has 1 aliphatic heterocycles. The van der Waals surface area contributed by atoms with E-state index in [0.29, 0.717) is 35.7 Å². The molecule has 3 aliphatic rings. The minimum atomic E-state index is -1.65. The number of halogens is 2. The minimum Gasteiger partial charge on any atom is -0.494 e. The molecule has 0 spiro atoms. The highest BCUT2D eigenvalue weighted by Gasteiger charge is 2.49. The standard InChI is InChI=1S/C31H30F2N4O5/c1-41-24-11-18(10-19-13-37(22-8-9-22)36-27(19)24)29(38)34-14-31(40,20-4-5-20)25-12-23(30(39)15-42-16-30)26(33)28(35-25)17-2-6-21(32)7-3-17/h2-3,6-7,10-13,20,22,39-40H,4-5,8-9,14-16H2,1H3,(H,34,38)/t31-/m1/s1. The highest BCUT2D eigenvalue weighted by molar-refractivity contribution is 5.99. The average Bonchev–Trinajstić information content (AvgIpc) is 3.91. The van der Waals surface area contributed by atoms with Crippen molar-refractivity contribution in [1.82, 2.24) is 20.1 Å². The number of hydrogen-bond acceptors (Lipinski definition) is 7. The largest absolute Gasteiger partial charge is 0.494 e. The van der Waals surface area contributed by atoms with Crippen LogP contribution in [0.2, 0.25) is 0 Å². The van der Waals surface area contributed by atoms with Crippen molar-refractivity contribution in [1.29, 1.82) is 0 Å². The summed E-state index contributed by atoms with van der Waals surface area (Å²) < 4.78 is 42.0. The van der Waals surface area contributed by atoms with E-state index in [9.17, 15) is 19.4 Å². The Labute approximate surface area is 240 Å². The molecular formula is C31H30F2N4O5. The molecule has 3 fully saturated rings. The van der Waals surface area contributed by atoms with Gasteiger partial charge in [-0.1, -0.05) is 0 Å². The van der Waals surface area contributed by atoms with Crippen molar-refractivity contribution in [2.45, 2.75) is 42.9 Å². The Morgan fingerprint density at radius 1 is 1.17 bits per heavy atom. The number of carbonyl (C=O) groups excluding carboxylic acids is 1. The molecule has 3 heterocycles. The lowest BCUT2D eigenvalue weighted by Crippen LogP contribution is -2.48. The highest BCUT2D eigenvalue weighted by Crippen LogP contribution is 2.47. The Morgan fingerprint density at radius 3 is 2.52 bits per heavy atom. The summed E-state index contributed by atoms with van der Waals surface area (Å²) in [5.41, 5.74) is -2.03. The Bertz CT molecular complexity index is 1700. The fourth-order valence-electron chi connectivity index (χ4n) is 5.60. The van der Waals surface area contributed by atoms with Crippen molar-refractivity contribution >= 4 is 16.8 Å². The third-order valence-electron chi connectivity index (χ3n) is 8.47. The van der Waals surface area contributed by atoms with E-state index < -0.39 is 28.7 Å². The van der Waals surface area contributed by atoms with Gasteiger partial charge in [-0.05, 0) is 74.1 Å². The van der Waals surface area contributed by atoms with Crippen LogP contribution < -0.4 is 10.1 Å². The van der Waals surface area contributed by atoms with Gasteiger partial charge in [0.2, 0.25) is 0 Å². The van der Waals surface area contributed by atoms with Crippen LogP contribution in [-0.4, -0.2) is 57.8 Å². The van der Waals surface area contributed by atoms with Crippen LogP contribution in [-0.2, 0) is 15.9 Å². The Kier molecular flexibility index (Phi) is 6.30. The molecule has 0 radical (unpaired) electrons. The SMILES string of the molecule is COc1cc(C(=O)NC[C@](O)(c2cc(C3(O)COC3)c(F)c(-c3ccc(F)cc3)n2)C2CC2)cc2cn(C3CC3)nc12. The molecule has 1 amide bonds. The molecule has 1 saturated heterocycles. The molecule has 2 saturated carbocycles. The number of benzene rings is 2. The van der Waals surface area contributed by atoms with Gasteiger partial charge in [-0.2, -0.15) is 5.10 Å². The summed E-state index contributed by atoms with van der Waals surface area (Å²) in [6.45, 7) is -0.430. The molecule has 11 heteroatoms. The van der Waals surface area contributed by atoms with Gasteiger partial charge in [0.05, 0.1) is 38.6 Å². The van der Waals surface area contributed by atoms with E-state index in [1.54, 1.807) is 12.1 Å². The van der Waals surface area contributed by atoms with Gasteiger partial charge in [0.25, 0.3) is 5.91 Å². The molecule has 2 aromatic heterocycles. The number of aromatic nitrogens is 3. The molecule has 218 valence electrons. The number of carbonyl (C=O) groups is 1. The first-order valence-corrected chi connectivity index (χ1v) is 14.0. The van der Waals surface area contributed by atoms with Gasteiger partial charge >= 0.3 is 0 Å². The zero-order valence-electron chi connectivity index (χ0n) is 22.9. The predicted molar refractivity (Wildman–Crippen MR) is 148 cm³/mol. The van der Waals surface area contributed by atoms with Crippen molar-refractivity contribution < 1.29 is 33.3 Å². The quantitative estimate of drug-likeness (QED) is 0.276. The first-order chi connectivity index (χ1) is 20.2. The molecule has 7 rings (SSSR count). The molecule has 4 aromatic rings. The first-order valence-electron chi connectivity index (χ1n) is 14.0. The molecular weight excluding hydrogens is 546 g/mol. The number of methoxy groups -OCH3 is 1. The van der Waals surface area contributed by atoms with Crippen molar-refractivity contribution in [3.05, 3.63) is 77.1 Å². The molecule has 3 N–H and O–H groups in total. The number of pyridine rings is 1. The van der Waals surface area contributed by atoms with Crippen molar-refractivity contribution in [2.75, 3.05) is 26.9 Å². The summed E-state index contributed by atoms with van der Waals surface area (Å²) in [7, 11) is 1.52. The summed E-state index contributed by atoms with van der Waals surface area (Å²) in [6, 6.07) is 10.2. The Morgan fingerprint density at radius 2 is 1.90 bits per heavy atom. The zero-order valence-corrected chi connectivity index (χ0v) is 22.9. The van der Waals surface area contributed by atoms with E-state index in [4.69, 9.17) is 9.47 Å². The van der Waals surface area contributed by atoms with Gasteiger partial charge in [-0.3, -0.25) is 9.48 Å². The van der Waals surface area contributed by atoms with Crippen LogP contribution in [0.4, 0.5) is 8.78 Å². The zero-order chi connectivity index (χ0) is 29.2. The molecule has 1 atom stereocenters. The second-order valence-corrected chi connectivity index (χ2v) is 11.6. The third-order valence-corrected chi connectivity index (χ3v) is 8.47. The van der Waals surface area contributed by atoms with E-state index in [2.05, 4.69) is 15.4 Å². The van der Waals surface area contributed by atoms with E-state index in [0.717, 1.165) is 18.2 Å². The number of nitrogens with one attached hydrogen (secondary N) is 1. The summed E-state index contributed by atoms with van der Waals surface area (Å²) >= 11 is 0. The number of hydrogen-bond donors (Lipinski definition) is 3. The van der Waals surface area contributed by atoms with Crippen LogP contribution in [0.3, 0.4) is 0 Å². The van der Waals surface area contributed by atoms with Gasteiger partial charge in [0.15, 0.2) is 5.82 Å². The van der Waals surface area contributed by atoms with Gasteiger partial charge in [-0.25, -0.2) is 13.8 Å². The fraction of sp³-hybridized carbons (Fsp3) is 0.387. The fourth-order valence-corrected chi connectivity index (χ4v) is 5.60. The van der Waals surface area contributed by atoms with E-state index in [1.807, 2.05) is 10.9 Å². The van der Waals surface area contributed by atoms with Crippen LogP contribution in [0.15, 0.2) is 48.7 Å². The summed E-state index contributed by atoms with van der Waals surface area (Å²) in [4.78, 5) is 17.9. The maximum atomic E-state index is 15.8. The molecule has 0 unspecified atom stereocenters. The third kappa shape index (κ3) is 4.61. The van der Waals surface area contributed by atoms with Crippen LogP contribution in [0.5, 0.6) is 5.75 Å². The van der Waals surface area contributed by atoms with Crippen LogP contribution in [0.1, 0.15) is 53.3 Å². The number of ether oxygens (including phenoxy) is 2. The molecule has 2 aromatic carbocycles. The van der Waals surface area contributed by atoms with Crippen LogP contribution >= 0.6 is 0 Å². The second kappa shape index (κ2) is 9.82. The number of amides is 1. The number of aliphatic hydroxyl groups is 2. The van der Waals surface area contributed by atoms with E-state index in [-0.39, 0.29) is 48.2 Å². The predicted octanol–water partition coefficient (Wildman–Crippen LogP) is 3.97. The number of fused-ring (bicyclic) bond motifs is 1. The highest BCUT2D eigenvalue weighted by atomic mass is 19.1. The molecule has 0 bridgehead atoms. The van der Waals surface area contributed by atoms with Crippen LogP contribution in [0.25, 0.3) is 22.2 Å². The van der Waals surface area contributed by atoms with Gasteiger partial charge in [0, 0.05) is 28.3 Å². The van der Waals surface area contributed by atoms with Crippen molar-refractivity contribution in [3.63, 3.8) is 0 Å². The molecule has 42 heavy (non-hydrogen) atoms. The Hall–Kier alpha value is -3.93. The lowest BCUT2D eigenvalue weighted by atomic mass is 9.85. The first kappa shape index (κ1) is 26.9. The summed E-state index contributed by atoms with van der Waals surface area (Å²) in [5, 5.41) is 31.3. The minimum absolute atomic E-state index is 0.0636. The normalized spacial score (nSPS) is 19.3. The maximum Gasteiger partial charge on any atom is 0.251 e. The average molecular weight is 577 g/mol. The van der Waals surface area contributed by atoms with Crippen molar-refractivity contribution in [2.24, 2.45) is 5.92 Å². The molecule has 2 aliphatic carbocycles. The van der Waals surface area contributed by atoms with Gasteiger partial charge in [0.1, 0.15) is 34.0 Å². The second-order valence-electron chi connectivity index (χ2n) is 11.6. The summed E-state index contributed by atoms with van der Waals surface area (Å²) in [6.07, 6.45) is 5.40. The summed E-state index contributed by atoms with van der Waals surface area (Å²) in [5.74, 6) is -1.47. The topological polar surface area (TPSA) is 119 Å². The monoisotopic (exact) mass is 576 g/mol. The smallest absolute Gasteiger partial charge is 0.251 e. The Balaban J connectivity index is 1.23. The number of nitrogens with zero attached hydrogens (tertiary/aromatic N) is 3. The van der Waals surface area contributed by atoms with Gasteiger partial charge < -0.3 is 25.0 Å². The van der Waals surface area contributed by atoms with E-state index in [1.165, 1.54) is 37.4 Å². The maximum absolute atomic E-state index is 15.8. The van der Waals surface area contributed by atoms with Crippen molar-refractivity contribution in [3.8, 4) is 17.0 Å². The van der Waals surface area contributed by atoms with Crippen LogP contribution in [0, 0.1) is 17.6 Å². The lowest BCUT2D eigenvalue weighted by Gasteiger charge is -2.38.